The fourth-order valence-corrected chi connectivity index (χ4v) is 0. The molecule has 4 radical (unpaired) electrons. The maximum absolute atomic E-state index is 8.52. The van der Waals surface area contributed by atoms with E-state index in [1.54, 1.807) is 0 Å². The summed E-state index contributed by atoms with van der Waals surface area (Å²) >= 11 is 0. The number of hydrogen-bond donors (Lipinski definition) is 2. The molecule has 0 fully saturated rings. The molecule has 0 rings (SSSR count). The molecule has 0 saturated heterocycles. The third-order valence-electron chi connectivity index (χ3n) is 0. The minimum Gasteiger partial charge on any atom is -0.321 e. The summed E-state index contributed by atoms with van der Waals surface area (Å²) < 4.78 is 47.9. The standard InChI is InChI=1S/2ClHO3.Pb/c2*2-1(3)4;/h2*2H;. The van der Waals surface area contributed by atoms with E-state index in [2.05, 4.69) is 0 Å². The van der Waals surface area contributed by atoms with E-state index in [9.17, 15) is 0 Å². The Morgan fingerprint density at radius 2 is 0.778 bits per heavy atom. The second-order valence-corrected chi connectivity index (χ2v) is 1.21. The minimum atomic E-state index is -2.60. The van der Waals surface area contributed by atoms with Crippen LogP contribution in [0.25, 0.3) is 0 Å². The molecule has 0 aliphatic carbocycles. The second kappa shape index (κ2) is 12.0. The van der Waals surface area contributed by atoms with E-state index in [0.717, 1.165) is 0 Å². The third kappa shape index (κ3) is 307. The Balaban J connectivity index is -0.0000000720. The van der Waals surface area contributed by atoms with Crippen molar-refractivity contribution in [2.75, 3.05) is 0 Å². The van der Waals surface area contributed by atoms with Gasteiger partial charge in [0, 0.05) is 36.6 Å². The summed E-state index contributed by atoms with van der Waals surface area (Å²) in [6, 6.07) is 0. The molecule has 0 spiro atoms. The van der Waals surface area contributed by atoms with Crippen LogP contribution in [0.2, 0.25) is 0 Å². The molecule has 0 saturated carbocycles. The minimum absolute atomic E-state index is 0. The summed E-state index contributed by atoms with van der Waals surface area (Å²) in [4.78, 5) is 0. The predicted molar refractivity (Wildman–Crippen MR) is 10.2 cm³/mol. The second-order valence-electron chi connectivity index (χ2n) is 0.402. The SMILES string of the molecule is [O-][Cl+2]([O-])O.[O-][Cl+2]([O-])O.[Pb]. The molecule has 9 heteroatoms. The van der Waals surface area contributed by atoms with Crippen molar-refractivity contribution < 1.29 is 49.5 Å². The van der Waals surface area contributed by atoms with E-state index < -0.39 is 21.6 Å². The maximum Gasteiger partial charge on any atom is 0.282 e. The van der Waals surface area contributed by atoms with Crippen LogP contribution in [0, 0.1) is 21.6 Å². The van der Waals surface area contributed by atoms with Gasteiger partial charge in [0.05, 0.1) is 0 Å². The molecule has 0 heterocycles. The van der Waals surface area contributed by atoms with Gasteiger partial charge in [-0.3, -0.25) is 0 Å². The Labute approximate surface area is 76.7 Å². The van der Waals surface area contributed by atoms with Gasteiger partial charge in [-0.05, 0) is 0 Å². The summed E-state index contributed by atoms with van der Waals surface area (Å²) in [5.74, 6) is 0. The van der Waals surface area contributed by atoms with E-state index in [0.29, 0.717) is 0 Å². The fourth-order valence-electron chi connectivity index (χ4n) is 0. The summed E-state index contributed by atoms with van der Waals surface area (Å²) in [7, 11) is -5.20. The first kappa shape index (κ1) is 16.7. The topological polar surface area (TPSA) is 133 Å². The van der Waals surface area contributed by atoms with Gasteiger partial charge < -0.3 is 18.6 Å². The zero-order valence-corrected chi connectivity index (χ0v) is 9.18. The number of rotatable bonds is 0. The van der Waals surface area contributed by atoms with Crippen LogP contribution in [-0.2, 0) is 0 Å². The van der Waals surface area contributed by atoms with E-state index >= 15 is 0 Å². The molecule has 0 aliphatic heterocycles. The van der Waals surface area contributed by atoms with Crippen LogP contribution >= 0.6 is 0 Å². The van der Waals surface area contributed by atoms with E-state index in [-0.39, 0.29) is 27.3 Å². The molecule has 0 aromatic rings. The third-order valence-corrected chi connectivity index (χ3v) is 0. The van der Waals surface area contributed by atoms with Crippen LogP contribution in [0.3, 0.4) is 0 Å². The van der Waals surface area contributed by atoms with Crippen LogP contribution in [0.5, 0.6) is 0 Å². The molecular weight excluding hydrogens is 374 g/mol. The van der Waals surface area contributed by atoms with Gasteiger partial charge in [0.1, 0.15) is 0 Å². The zero-order valence-electron chi connectivity index (χ0n) is 3.78. The van der Waals surface area contributed by atoms with Crippen molar-refractivity contribution in [1.29, 1.82) is 0 Å². The molecule has 0 aliphatic rings. The largest absolute Gasteiger partial charge is 0.321 e. The summed E-state index contributed by atoms with van der Waals surface area (Å²) in [6.45, 7) is 0. The molecule has 2 N–H and O–H groups in total. The van der Waals surface area contributed by atoms with Crippen molar-refractivity contribution in [3.63, 3.8) is 0 Å². The average molecular weight is 376 g/mol. The van der Waals surface area contributed by atoms with Crippen LogP contribution in [0.15, 0.2) is 0 Å². The summed E-state index contributed by atoms with van der Waals surface area (Å²) in [6.07, 6.45) is 0. The van der Waals surface area contributed by atoms with Crippen molar-refractivity contribution in [1.82, 2.24) is 0 Å². The van der Waals surface area contributed by atoms with Crippen molar-refractivity contribution in [3.8, 4) is 0 Å². The van der Waals surface area contributed by atoms with Gasteiger partial charge in [0.15, 0.2) is 0 Å². The Morgan fingerprint density at radius 1 is 0.778 bits per heavy atom. The Bertz CT molecular complexity index is 26.5. The van der Waals surface area contributed by atoms with Crippen molar-refractivity contribution in [2.24, 2.45) is 0 Å². The number of halogens is 2. The van der Waals surface area contributed by atoms with E-state index in [1.807, 2.05) is 0 Å². The zero-order chi connectivity index (χ0) is 7.15. The van der Waals surface area contributed by atoms with Crippen molar-refractivity contribution >= 4 is 27.3 Å². The van der Waals surface area contributed by atoms with Gasteiger partial charge in [0.2, 0.25) is 0 Å². The van der Waals surface area contributed by atoms with Gasteiger partial charge in [-0.1, -0.05) is 0 Å². The van der Waals surface area contributed by atoms with Crippen molar-refractivity contribution in [2.45, 2.75) is 0 Å². The first-order valence-corrected chi connectivity index (χ1v) is 2.87. The molecule has 56 valence electrons. The Morgan fingerprint density at radius 3 is 0.778 bits per heavy atom. The van der Waals surface area contributed by atoms with Gasteiger partial charge in [-0.2, -0.15) is 0 Å². The van der Waals surface area contributed by atoms with Crippen LogP contribution < -0.4 is 18.6 Å². The molecule has 0 aromatic carbocycles. The average Bonchev–Trinajstić information content (AvgIpc) is 1.25. The first-order valence-electron chi connectivity index (χ1n) is 0.955. The monoisotopic (exact) mass is 376 g/mol. The van der Waals surface area contributed by atoms with Crippen LogP contribution in [0.4, 0.5) is 0 Å². The molecular formula is H2Cl2O6Pb. The summed E-state index contributed by atoms with van der Waals surface area (Å²) in [5, 5.41) is 0. The summed E-state index contributed by atoms with van der Waals surface area (Å²) in [5.41, 5.74) is 0. The van der Waals surface area contributed by atoms with Crippen LogP contribution in [0.1, 0.15) is 0 Å². The normalized spacial score (nSPS) is 8.00. The molecule has 0 atom stereocenters. The van der Waals surface area contributed by atoms with E-state index in [4.69, 9.17) is 28.0 Å². The number of hydrogen-bond acceptors (Lipinski definition) is 6. The van der Waals surface area contributed by atoms with Crippen molar-refractivity contribution in [3.05, 3.63) is 0 Å². The van der Waals surface area contributed by atoms with Gasteiger partial charge in [-0.25, -0.2) is 0 Å². The molecule has 0 unspecified atom stereocenters. The van der Waals surface area contributed by atoms with Crippen LogP contribution in [-0.4, -0.2) is 36.6 Å². The fraction of sp³-hybridized carbons (Fsp3) is 0. The molecule has 0 bridgehead atoms. The molecule has 9 heavy (non-hydrogen) atoms. The van der Waals surface area contributed by atoms with E-state index in [1.165, 1.54) is 0 Å². The maximum atomic E-state index is 8.52. The Kier molecular flexibility index (Phi) is 22.2. The smallest absolute Gasteiger partial charge is 0.282 e. The molecule has 0 aromatic heterocycles. The quantitative estimate of drug-likeness (QED) is 0.404. The van der Waals surface area contributed by atoms with Gasteiger partial charge in [0.25, 0.3) is 21.6 Å². The molecule has 0 amide bonds. The van der Waals surface area contributed by atoms with Gasteiger partial charge >= 0.3 is 0 Å². The van der Waals surface area contributed by atoms with Gasteiger partial charge in [-0.15, -0.1) is 0 Å². The Hall–Kier alpha value is 1.26. The first-order chi connectivity index (χ1) is 3.46. The molecule has 6 nitrogen and oxygen atoms in total. The predicted octanol–water partition coefficient (Wildman–Crippen LogP) is -6.25.